The summed E-state index contributed by atoms with van der Waals surface area (Å²) in [6.07, 6.45) is 0.615. The molecule has 0 spiro atoms. The molecule has 0 unspecified atom stereocenters. The third-order valence-corrected chi connectivity index (χ3v) is 1.36. The van der Waals surface area contributed by atoms with Gasteiger partial charge in [-0.3, -0.25) is 0 Å². The molecule has 0 radical (unpaired) electrons. The molecule has 0 amide bonds. The van der Waals surface area contributed by atoms with Crippen LogP contribution in [0.2, 0.25) is 0 Å². The van der Waals surface area contributed by atoms with Gasteiger partial charge in [0.15, 0.2) is 6.79 Å². The Morgan fingerprint density at radius 2 is 2.00 bits per heavy atom. The second kappa shape index (κ2) is 5.97. The zero-order chi connectivity index (χ0) is 8.69. The van der Waals surface area contributed by atoms with Crippen molar-refractivity contribution in [2.75, 3.05) is 6.79 Å². The van der Waals surface area contributed by atoms with Crippen molar-refractivity contribution in [1.29, 1.82) is 0 Å². The minimum atomic E-state index is -0.804. The fourth-order valence-electron chi connectivity index (χ4n) is 0.678. The van der Waals surface area contributed by atoms with Gasteiger partial charge in [0.05, 0.1) is 0 Å². The first-order chi connectivity index (χ1) is 5.24. The molecule has 0 aliphatic carbocycles. The summed E-state index contributed by atoms with van der Waals surface area (Å²) >= 11 is 0. The Hall–Kier alpha value is -0.770. The van der Waals surface area contributed by atoms with Gasteiger partial charge in [-0.2, -0.15) is 0 Å². The lowest BCUT2D eigenvalue weighted by Gasteiger charge is -2.12. The molecule has 0 bridgehead atoms. The lowest BCUT2D eigenvalue weighted by atomic mass is 10.2. The quantitative estimate of drug-likeness (QED) is 0.499. The van der Waals surface area contributed by atoms with Gasteiger partial charge in [0.1, 0.15) is 6.10 Å². The molecule has 0 heterocycles. The van der Waals surface area contributed by atoms with Crippen molar-refractivity contribution >= 4 is 6.16 Å². The minimum absolute atomic E-state index is 0.103. The van der Waals surface area contributed by atoms with Crippen molar-refractivity contribution in [3.63, 3.8) is 0 Å². The van der Waals surface area contributed by atoms with Crippen molar-refractivity contribution in [1.82, 2.24) is 0 Å². The number of rotatable bonds is 4. The standard InChI is InChI=1S/C7H14O4/c1-3-6(4-2)11-7(9)10-5-8/h6,8H,3-5H2,1-2H3. The number of ether oxygens (including phenoxy) is 2. The molecule has 0 aromatic rings. The van der Waals surface area contributed by atoms with Crippen LogP contribution < -0.4 is 0 Å². The minimum Gasteiger partial charge on any atom is -0.431 e. The molecular formula is C7H14O4. The van der Waals surface area contributed by atoms with E-state index in [2.05, 4.69) is 4.74 Å². The lowest BCUT2D eigenvalue weighted by Crippen LogP contribution is -2.17. The predicted octanol–water partition coefficient (Wildman–Crippen LogP) is 1.28. The molecule has 0 rings (SSSR count). The Morgan fingerprint density at radius 1 is 1.45 bits per heavy atom. The largest absolute Gasteiger partial charge is 0.510 e. The SMILES string of the molecule is CCC(CC)OC(=O)OCO. The number of carbonyl (C=O) groups excluding carboxylic acids is 1. The molecule has 0 aromatic carbocycles. The van der Waals surface area contributed by atoms with E-state index in [0.29, 0.717) is 0 Å². The van der Waals surface area contributed by atoms with Gasteiger partial charge < -0.3 is 14.6 Å². The maximum absolute atomic E-state index is 10.6. The molecule has 4 heteroatoms. The molecule has 4 nitrogen and oxygen atoms in total. The molecule has 0 aliphatic rings. The van der Waals surface area contributed by atoms with E-state index < -0.39 is 12.9 Å². The summed E-state index contributed by atoms with van der Waals surface area (Å²) in [6, 6.07) is 0. The maximum atomic E-state index is 10.6. The highest BCUT2D eigenvalue weighted by Gasteiger charge is 2.10. The molecule has 11 heavy (non-hydrogen) atoms. The van der Waals surface area contributed by atoms with Crippen LogP contribution in [-0.4, -0.2) is 24.2 Å². The molecule has 0 fully saturated rings. The van der Waals surface area contributed by atoms with Gasteiger partial charge in [-0.1, -0.05) is 13.8 Å². The number of aliphatic hydroxyl groups is 1. The van der Waals surface area contributed by atoms with E-state index in [-0.39, 0.29) is 6.10 Å². The number of aliphatic hydroxyl groups excluding tert-OH is 1. The summed E-state index contributed by atoms with van der Waals surface area (Å²) in [5.41, 5.74) is 0. The van der Waals surface area contributed by atoms with Crippen LogP contribution in [0.15, 0.2) is 0 Å². The van der Waals surface area contributed by atoms with Gasteiger partial charge in [-0.25, -0.2) is 4.79 Å². The molecule has 0 atom stereocenters. The fraction of sp³-hybridized carbons (Fsp3) is 0.857. The molecule has 0 aromatic heterocycles. The molecule has 0 saturated carbocycles. The third-order valence-electron chi connectivity index (χ3n) is 1.36. The lowest BCUT2D eigenvalue weighted by molar-refractivity contribution is -0.0247. The predicted molar refractivity (Wildman–Crippen MR) is 39.0 cm³/mol. The van der Waals surface area contributed by atoms with Crippen LogP contribution in [0.3, 0.4) is 0 Å². The van der Waals surface area contributed by atoms with Crippen LogP contribution in [0, 0.1) is 0 Å². The van der Waals surface area contributed by atoms with E-state index in [0.717, 1.165) is 12.8 Å². The zero-order valence-electron chi connectivity index (χ0n) is 6.87. The molecule has 0 saturated heterocycles. The van der Waals surface area contributed by atoms with Gasteiger partial charge in [0, 0.05) is 0 Å². The monoisotopic (exact) mass is 162 g/mol. The first-order valence-electron chi connectivity index (χ1n) is 3.68. The highest BCUT2D eigenvalue weighted by molar-refractivity contribution is 5.59. The van der Waals surface area contributed by atoms with Crippen LogP contribution in [0.25, 0.3) is 0 Å². The summed E-state index contributed by atoms with van der Waals surface area (Å²) in [5.74, 6) is 0. The van der Waals surface area contributed by atoms with Gasteiger partial charge in [-0.05, 0) is 12.8 Å². The molecule has 66 valence electrons. The average Bonchev–Trinajstić information content (AvgIpc) is 2.01. The van der Waals surface area contributed by atoms with Crippen molar-refractivity contribution in [2.45, 2.75) is 32.8 Å². The topological polar surface area (TPSA) is 55.8 Å². The van der Waals surface area contributed by atoms with Gasteiger partial charge in [0.2, 0.25) is 0 Å². The second-order valence-corrected chi connectivity index (χ2v) is 2.08. The van der Waals surface area contributed by atoms with Crippen molar-refractivity contribution in [3.05, 3.63) is 0 Å². The van der Waals surface area contributed by atoms with E-state index in [1.807, 2.05) is 13.8 Å². The molecule has 1 N–H and O–H groups in total. The number of hydrogen-bond donors (Lipinski definition) is 1. The summed E-state index contributed by atoms with van der Waals surface area (Å²) in [4.78, 5) is 10.6. The van der Waals surface area contributed by atoms with Crippen molar-refractivity contribution in [2.24, 2.45) is 0 Å². The maximum Gasteiger partial charge on any atom is 0.510 e. The fourth-order valence-corrected chi connectivity index (χ4v) is 0.678. The first kappa shape index (κ1) is 10.2. The normalized spacial score (nSPS) is 9.82. The van der Waals surface area contributed by atoms with Crippen molar-refractivity contribution < 1.29 is 19.4 Å². The van der Waals surface area contributed by atoms with E-state index in [4.69, 9.17) is 9.84 Å². The van der Waals surface area contributed by atoms with Crippen LogP contribution in [-0.2, 0) is 9.47 Å². The number of carbonyl (C=O) groups is 1. The van der Waals surface area contributed by atoms with E-state index in [1.54, 1.807) is 0 Å². The van der Waals surface area contributed by atoms with E-state index >= 15 is 0 Å². The Bertz CT molecular complexity index is 109. The number of hydrogen-bond acceptors (Lipinski definition) is 4. The Kier molecular flexibility index (Phi) is 5.56. The first-order valence-corrected chi connectivity index (χ1v) is 3.68. The summed E-state index contributed by atoms with van der Waals surface area (Å²) < 4.78 is 8.94. The molecular weight excluding hydrogens is 148 g/mol. The Balaban J connectivity index is 3.54. The van der Waals surface area contributed by atoms with Crippen molar-refractivity contribution in [3.8, 4) is 0 Å². The van der Waals surface area contributed by atoms with E-state index in [9.17, 15) is 4.79 Å². The van der Waals surface area contributed by atoms with Gasteiger partial charge >= 0.3 is 6.16 Å². The summed E-state index contributed by atoms with van der Waals surface area (Å²) in [6.45, 7) is 3.21. The average molecular weight is 162 g/mol. The summed E-state index contributed by atoms with van der Waals surface area (Å²) in [5, 5.41) is 8.17. The van der Waals surface area contributed by atoms with Crippen LogP contribution >= 0.6 is 0 Å². The molecule has 0 aliphatic heterocycles. The van der Waals surface area contributed by atoms with Gasteiger partial charge in [0.25, 0.3) is 0 Å². The Morgan fingerprint density at radius 3 is 2.36 bits per heavy atom. The third kappa shape index (κ3) is 4.61. The van der Waals surface area contributed by atoms with E-state index in [1.165, 1.54) is 0 Å². The van der Waals surface area contributed by atoms with Crippen LogP contribution in [0.4, 0.5) is 4.79 Å². The highest BCUT2D eigenvalue weighted by Crippen LogP contribution is 2.03. The Labute approximate surface area is 66.1 Å². The second-order valence-electron chi connectivity index (χ2n) is 2.08. The highest BCUT2D eigenvalue weighted by atomic mass is 16.8. The zero-order valence-corrected chi connectivity index (χ0v) is 6.87. The summed E-state index contributed by atoms with van der Waals surface area (Å²) in [7, 11) is 0. The smallest absolute Gasteiger partial charge is 0.431 e. The van der Waals surface area contributed by atoms with Crippen LogP contribution in [0.5, 0.6) is 0 Å². The van der Waals surface area contributed by atoms with Gasteiger partial charge in [-0.15, -0.1) is 0 Å². The van der Waals surface area contributed by atoms with Crippen LogP contribution in [0.1, 0.15) is 26.7 Å².